The topological polar surface area (TPSA) is 32.3 Å². The lowest BCUT2D eigenvalue weighted by Gasteiger charge is -2.14. The molecule has 4 heteroatoms. The summed E-state index contributed by atoms with van der Waals surface area (Å²) in [7, 11) is 0. The number of halogens is 2. The summed E-state index contributed by atoms with van der Waals surface area (Å²) in [4.78, 5) is 0. The molecule has 2 aromatic rings. The van der Waals surface area contributed by atoms with Crippen LogP contribution >= 0.6 is 0 Å². The molecule has 1 atom stereocenters. The van der Waals surface area contributed by atoms with Crippen molar-refractivity contribution in [3.05, 3.63) is 64.7 Å². The second-order valence-corrected chi connectivity index (χ2v) is 5.09. The van der Waals surface area contributed by atoms with Crippen molar-refractivity contribution in [3.63, 3.8) is 0 Å². The molecule has 2 nitrogen and oxygen atoms in total. The SMILES string of the molecule is Oc1ccc2c(c1)CCC2NCc1cc(F)ccc1F. The van der Waals surface area contributed by atoms with Gasteiger partial charge in [0.1, 0.15) is 17.4 Å². The van der Waals surface area contributed by atoms with Gasteiger partial charge in [-0.2, -0.15) is 0 Å². The minimum atomic E-state index is -0.431. The van der Waals surface area contributed by atoms with Gasteiger partial charge in [-0.1, -0.05) is 6.07 Å². The summed E-state index contributed by atoms with van der Waals surface area (Å²) < 4.78 is 26.7. The average molecular weight is 275 g/mol. The van der Waals surface area contributed by atoms with Gasteiger partial charge in [0, 0.05) is 18.2 Å². The molecule has 1 unspecified atom stereocenters. The van der Waals surface area contributed by atoms with Gasteiger partial charge in [0.15, 0.2) is 0 Å². The Kier molecular flexibility index (Phi) is 3.40. The molecule has 0 aliphatic heterocycles. The summed E-state index contributed by atoms with van der Waals surface area (Å²) in [5.41, 5.74) is 2.57. The summed E-state index contributed by atoms with van der Waals surface area (Å²) in [6, 6.07) is 8.90. The summed E-state index contributed by atoms with van der Waals surface area (Å²) in [6.45, 7) is 0.286. The lowest BCUT2D eigenvalue weighted by atomic mass is 10.1. The number of hydrogen-bond acceptors (Lipinski definition) is 2. The normalized spacial score (nSPS) is 17.2. The summed E-state index contributed by atoms with van der Waals surface area (Å²) in [6.07, 6.45) is 1.78. The van der Waals surface area contributed by atoms with E-state index in [1.54, 1.807) is 12.1 Å². The monoisotopic (exact) mass is 275 g/mol. The zero-order valence-electron chi connectivity index (χ0n) is 10.9. The quantitative estimate of drug-likeness (QED) is 0.899. The molecule has 20 heavy (non-hydrogen) atoms. The third kappa shape index (κ3) is 2.51. The maximum Gasteiger partial charge on any atom is 0.127 e. The van der Waals surface area contributed by atoms with Crippen molar-refractivity contribution in [2.45, 2.75) is 25.4 Å². The van der Waals surface area contributed by atoms with Crippen LogP contribution in [0, 0.1) is 11.6 Å². The molecule has 0 bridgehead atoms. The molecule has 0 heterocycles. The minimum absolute atomic E-state index is 0.119. The molecule has 0 spiro atoms. The maximum atomic E-state index is 13.6. The van der Waals surface area contributed by atoms with Gasteiger partial charge < -0.3 is 10.4 Å². The van der Waals surface area contributed by atoms with Gasteiger partial charge in [-0.15, -0.1) is 0 Å². The number of phenolic OH excluding ortho intramolecular Hbond substituents is 1. The first-order chi connectivity index (χ1) is 9.63. The lowest BCUT2D eigenvalue weighted by molar-refractivity contribution is 0.474. The molecule has 104 valence electrons. The molecule has 0 amide bonds. The van der Waals surface area contributed by atoms with Crippen LogP contribution < -0.4 is 5.32 Å². The Morgan fingerprint density at radius 3 is 2.85 bits per heavy atom. The van der Waals surface area contributed by atoms with Crippen molar-refractivity contribution in [3.8, 4) is 5.75 Å². The van der Waals surface area contributed by atoms with Crippen molar-refractivity contribution in [2.24, 2.45) is 0 Å². The van der Waals surface area contributed by atoms with Crippen molar-refractivity contribution in [1.29, 1.82) is 0 Å². The Labute approximate surface area is 116 Å². The smallest absolute Gasteiger partial charge is 0.127 e. The molecular weight excluding hydrogens is 260 g/mol. The van der Waals surface area contributed by atoms with Gasteiger partial charge in [0.05, 0.1) is 0 Å². The fourth-order valence-corrected chi connectivity index (χ4v) is 2.73. The zero-order chi connectivity index (χ0) is 14.1. The molecule has 2 N–H and O–H groups in total. The summed E-state index contributed by atoms with van der Waals surface area (Å²) in [5, 5.41) is 12.7. The van der Waals surface area contributed by atoms with Crippen LogP contribution in [0.1, 0.15) is 29.2 Å². The Morgan fingerprint density at radius 2 is 2.00 bits per heavy atom. The average Bonchev–Trinajstić information content (AvgIpc) is 2.82. The second kappa shape index (κ2) is 5.21. The van der Waals surface area contributed by atoms with Crippen molar-refractivity contribution >= 4 is 0 Å². The molecule has 2 aromatic carbocycles. The van der Waals surface area contributed by atoms with Gasteiger partial charge in [0.25, 0.3) is 0 Å². The van der Waals surface area contributed by atoms with Crippen LogP contribution in [0.15, 0.2) is 36.4 Å². The minimum Gasteiger partial charge on any atom is -0.508 e. The van der Waals surface area contributed by atoms with E-state index in [9.17, 15) is 13.9 Å². The highest BCUT2D eigenvalue weighted by Crippen LogP contribution is 2.33. The van der Waals surface area contributed by atoms with E-state index < -0.39 is 11.6 Å². The molecule has 0 saturated carbocycles. The summed E-state index contributed by atoms with van der Waals surface area (Å²) >= 11 is 0. The van der Waals surface area contributed by atoms with E-state index in [1.165, 1.54) is 6.07 Å². The number of hydrogen-bond donors (Lipinski definition) is 2. The third-order valence-electron chi connectivity index (χ3n) is 3.75. The molecule has 0 radical (unpaired) electrons. The van der Waals surface area contributed by atoms with E-state index in [1.807, 2.05) is 6.07 Å². The van der Waals surface area contributed by atoms with E-state index in [2.05, 4.69) is 5.32 Å². The standard InChI is InChI=1S/C16H15F2NO/c17-12-2-5-15(18)11(7-12)9-19-16-6-1-10-8-13(20)3-4-14(10)16/h2-5,7-8,16,19-20H,1,6,9H2. The number of phenols is 1. The lowest BCUT2D eigenvalue weighted by Crippen LogP contribution is -2.19. The zero-order valence-corrected chi connectivity index (χ0v) is 10.9. The summed E-state index contributed by atoms with van der Waals surface area (Å²) in [5.74, 6) is -0.566. The van der Waals surface area contributed by atoms with Crippen LogP contribution in [0.2, 0.25) is 0 Å². The molecule has 1 aliphatic rings. The first-order valence-electron chi connectivity index (χ1n) is 6.62. The van der Waals surface area contributed by atoms with E-state index in [0.717, 1.165) is 36.1 Å². The number of rotatable bonds is 3. The predicted octanol–water partition coefficient (Wildman–Crippen LogP) is 3.45. The maximum absolute atomic E-state index is 13.6. The highest BCUT2D eigenvalue weighted by atomic mass is 19.1. The predicted molar refractivity (Wildman–Crippen MR) is 72.4 cm³/mol. The van der Waals surface area contributed by atoms with Crippen molar-refractivity contribution in [2.75, 3.05) is 0 Å². The molecule has 3 rings (SSSR count). The van der Waals surface area contributed by atoms with Gasteiger partial charge in [0.2, 0.25) is 0 Å². The number of aryl methyl sites for hydroxylation is 1. The van der Waals surface area contributed by atoms with E-state index in [0.29, 0.717) is 5.56 Å². The molecule has 1 aliphatic carbocycles. The number of benzene rings is 2. The van der Waals surface area contributed by atoms with Crippen molar-refractivity contribution in [1.82, 2.24) is 5.32 Å². The fourth-order valence-electron chi connectivity index (χ4n) is 2.73. The first-order valence-corrected chi connectivity index (χ1v) is 6.62. The van der Waals surface area contributed by atoms with Crippen LogP contribution in [0.4, 0.5) is 8.78 Å². The Bertz CT molecular complexity index is 642. The number of fused-ring (bicyclic) bond motifs is 1. The molecule has 0 fully saturated rings. The van der Waals surface area contributed by atoms with Crippen LogP contribution in [0.3, 0.4) is 0 Å². The Hall–Kier alpha value is -1.94. The van der Waals surface area contributed by atoms with Gasteiger partial charge in [-0.05, 0) is 54.3 Å². The van der Waals surface area contributed by atoms with E-state index in [-0.39, 0.29) is 18.3 Å². The third-order valence-corrected chi connectivity index (χ3v) is 3.75. The first kappa shape index (κ1) is 13.1. The number of nitrogens with one attached hydrogen (secondary N) is 1. The van der Waals surface area contributed by atoms with Gasteiger partial charge >= 0.3 is 0 Å². The van der Waals surface area contributed by atoms with E-state index in [4.69, 9.17) is 0 Å². The Morgan fingerprint density at radius 1 is 1.15 bits per heavy atom. The highest BCUT2D eigenvalue weighted by molar-refractivity contribution is 5.40. The molecular formula is C16H15F2NO. The van der Waals surface area contributed by atoms with E-state index >= 15 is 0 Å². The Balaban J connectivity index is 1.73. The van der Waals surface area contributed by atoms with Gasteiger partial charge in [-0.25, -0.2) is 8.78 Å². The van der Waals surface area contributed by atoms with Gasteiger partial charge in [-0.3, -0.25) is 0 Å². The second-order valence-electron chi connectivity index (χ2n) is 5.09. The molecule has 0 saturated heterocycles. The van der Waals surface area contributed by atoms with Crippen LogP contribution in [0.5, 0.6) is 5.75 Å². The van der Waals surface area contributed by atoms with Crippen LogP contribution in [-0.2, 0) is 13.0 Å². The largest absolute Gasteiger partial charge is 0.508 e. The van der Waals surface area contributed by atoms with Crippen molar-refractivity contribution < 1.29 is 13.9 Å². The highest BCUT2D eigenvalue weighted by Gasteiger charge is 2.22. The number of aromatic hydroxyl groups is 1. The van der Waals surface area contributed by atoms with Crippen LogP contribution in [-0.4, -0.2) is 5.11 Å². The van der Waals surface area contributed by atoms with Crippen LogP contribution in [0.25, 0.3) is 0 Å². The molecule has 0 aromatic heterocycles. The fraction of sp³-hybridized carbons (Fsp3) is 0.250.